The van der Waals surface area contributed by atoms with E-state index in [1.807, 2.05) is 49.4 Å². The number of aromatic nitrogens is 1. The van der Waals surface area contributed by atoms with Gasteiger partial charge in [-0.05, 0) is 74.9 Å². The predicted octanol–water partition coefficient (Wildman–Crippen LogP) is 5.23. The normalized spacial score (nSPS) is 10.4. The molecule has 3 rings (SSSR count). The smallest absolute Gasteiger partial charge is 0.257 e. The van der Waals surface area contributed by atoms with Crippen LogP contribution in [-0.2, 0) is 0 Å². The van der Waals surface area contributed by atoms with E-state index in [9.17, 15) is 4.79 Å². The van der Waals surface area contributed by atoms with Gasteiger partial charge in [0.05, 0.1) is 5.56 Å². The van der Waals surface area contributed by atoms with Crippen LogP contribution >= 0.6 is 0 Å². The fourth-order valence-electron chi connectivity index (χ4n) is 3.02. The lowest BCUT2D eigenvalue weighted by molar-refractivity contribution is 0.102. The molecule has 0 atom stereocenters. The molecule has 0 aliphatic heterocycles. The first kappa shape index (κ1) is 19.4. The van der Waals surface area contributed by atoms with Crippen LogP contribution in [0.4, 0.5) is 22.9 Å². The summed E-state index contributed by atoms with van der Waals surface area (Å²) in [5.41, 5.74) is 4.55. The SMILES string of the molecule is CCN(CC)c1ccc(Nc2ccc(C(=O)Nc3cccc(C)c3)cn2)cc1. The molecule has 0 bridgehead atoms. The Morgan fingerprint density at radius 2 is 1.71 bits per heavy atom. The van der Waals surface area contributed by atoms with E-state index in [0.717, 1.165) is 30.0 Å². The monoisotopic (exact) mass is 374 g/mol. The summed E-state index contributed by atoms with van der Waals surface area (Å²) in [7, 11) is 0. The molecule has 1 heterocycles. The van der Waals surface area contributed by atoms with Gasteiger partial charge in [-0.1, -0.05) is 12.1 Å². The average molecular weight is 374 g/mol. The summed E-state index contributed by atoms with van der Waals surface area (Å²) in [5, 5.41) is 6.16. The van der Waals surface area contributed by atoms with E-state index in [0.29, 0.717) is 11.4 Å². The first-order chi connectivity index (χ1) is 13.6. The lowest BCUT2D eigenvalue weighted by atomic mass is 10.2. The van der Waals surface area contributed by atoms with Crippen LogP contribution in [0.2, 0.25) is 0 Å². The first-order valence-corrected chi connectivity index (χ1v) is 9.55. The van der Waals surface area contributed by atoms with Crippen molar-refractivity contribution in [2.24, 2.45) is 0 Å². The number of carbonyl (C=O) groups excluding carboxylic acids is 1. The van der Waals surface area contributed by atoms with Gasteiger partial charge in [0.1, 0.15) is 5.82 Å². The van der Waals surface area contributed by atoms with Crippen LogP contribution in [0.3, 0.4) is 0 Å². The quantitative estimate of drug-likeness (QED) is 0.594. The van der Waals surface area contributed by atoms with Crippen molar-refractivity contribution in [2.75, 3.05) is 28.6 Å². The molecule has 5 heteroatoms. The highest BCUT2D eigenvalue weighted by atomic mass is 16.1. The van der Waals surface area contributed by atoms with E-state index in [1.54, 1.807) is 12.3 Å². The van der Waals surface area contributed by atoms with Crippen molar-refractivity contribution in [1.82, 2.24) is 4.98 Å². The number of nitrogens with one attached hydrogen (secondary N) is 2. The minimum absolute atomic E-state index is 0.173. The first-order valence-electron chi connectivity index (χ1n) is 9.55. The Morgan fingerprint density at radius 3 is 2.32 bits per heavy atom. The number of amides is 1. The Labute approximate surface area is 166 Å². The van der Waals surface area contributed by atoms with Crippen LogP contribution in [-0.4, -0.2) is 24.0 Å². The minimum Gasteiger partial charge on any atom is -0.372 e. The molecule has 0 unspecified atom stereocenters. The standard InChI is InChI=1S/C23H26N4O/c1-4-27(5-2)21-12-10-19(11-13-21)25-22-14-9-18(16-24-22)23(28)26-20-8-6-7-17(3)15-20/h6-16H,4-5H2,1-3H3,(H,24,25)(H,26,28). The molecule has 144 valence electrons. The largest absolute Gasteiger partial charge is 0.372 e. The van der Waals surface area contributed by atoms with Crippen LogP contribution in [0.25, 0.3) is 0 Å². The number of carbonyl (C=O) groups is 1. The number of anilines is 4. The van der Waals surface area contributed by atoms with Crippen molar-refractivity contribution in [3.05, 3.63) is 78.0 Å². The Kier molecular flexibility index (Phi) is 6.27. The predicted molar refractivity (Wildman–Crippen MR) is 117 cm³/mol. The Balaban J connectivity index is 1.63. The second kappa shape index (κ2) is 9.04. The van der Waals surface area contributed by atoms with Crippen LogP contribution in [0, 0.1) is 6.92 Å². The van der Waals surface area contributed by atoms with Crippen LogP contribution in [0.15, 0.2) is 66.9 Å². The highest BCUT2D eigenvalue weighted by molar-refractivity contribution is 6.04. The minimum atomic E-state index is -0.173. The lowest BCUT2D eigenvalue weighted by Crippen LogP contribution is -2.21. The van der Waals surface area contributed by atoms with Gasteiger partial charge in [-0.25, -0.2) is 4.98 Å². The zero-order chi connectivity index (χ0) is 19.9. The molecule has 3 aromatic rings. The molecule has 0 aliphatic rings. The number of hydrogen-bond donors (Lipinski definition) is 2. The third kappa shape index (κ3) is 4.88. The highest BCUT2D eigenvalue weighted by Crippen LogP contribution is 2.20. The summed E-state index contributed by atoms with van der Waals surface area (Å²) >= 11 is 0. The Morgan fingerprint density at radius 1 is 0.964 bits per heavy atom. The summed E-state index contributed by atoms with van der Waals surface area (Å²) in [6, 6.07) is 19.6. The summed E-state index contributed by atoms with van der Waals surface area (Å²) in [5.74, 6) is 0.524. The zero-order valence-electron chi connectivity index (χ0n) is 16.6. The maximum atomic E-state index is 12.4. The molecule has 0 radical (unpaired) electrons. The molecule has 2 N–H and O–H groups in total. The second-order valence-corrected chi connectivity index (χ2v) is 6.60. The topological polar surface area (TPSA) is 57.3 Å². The average Bonchev–Trinajstić information content (AvgIpc) is 2.71. The summed E-state index contributed by atoms with van der Waals surface area (Å²) in [6.07, 6.45) is 1.58. The fourth-order valence-corrected chi connectivity index (χ4v) is 3.02. The van der Waals surface area contributed by atoms with Crippen molar-refractivity contribution in [1.29, 1.82) is 0 Å². The zero-order valence-corrected chi connectivity index (χ0v) is 16.6. The molecule has 28 heavy (non-hydrogen) atoms. The highest BCUT2D eigenvalue weighted by Gasteiger charge is 2.07. The van der Waals surface area contributed by atoms with Crippen LogP contribution in [0.1, 0.15) is 29.8 Å². The maximum Gasteiger partial charge on any atom is 0.257 e. The Hall–Kier alpha value is -3.34. The van der Waals surface area contributed by atoms with Gasteiger partial charge in [-0.3, -0.25) is 4.79 Å². The van der Waals surface area contributed by atoms with Crippen LogP contribution < -0.4 is 15.5 Å². The molecular formula is C23H26N4O. The summed E-state index contributed by atoms with van der Waals surface area (Å²) in [4.78, 5) is 19.0. The van der Waals surface area contributed by atoms with Gasteiger partial charge < -0.3 is 15.5 Å². The third-order valence-corrected chi connectivity index (χ3v) is 4.57. The van der Waals surface area contributed by atoms with E-state index in [1.165, 1.54) is 5.69 Å². The van der Waals surface area contributed by atoms with Gasteiger partial charge in [0, 0.05) is 36.3 Å². The molecule has 0 saturated heterocycles. The van der Waals surface area contributed by atoms with Gasteiger partial charge in [-0.15, -0.1) is 0 Å². The maximum absolute atomic E-state index is 12.4. The number of nitrogens with zero attached hydrogens (tertiary/aromatic N) is 2. The summed E-state index contributed by atoms with van der Waals surface area (Å²) in [6.45, 7) is 8.26. The van der Waals surface area contributed by atoms with E-state index in [2.05, 4.69) is 46.5 Å². The number of rotatable bonds is 7. The molecule has 5 nitrogen and oxygen atoms in total. The van der Waals surface area contributed by atoms with Crippen molar-refractivity contribution >= 4 is 28.8 Å². The lowest BCUT2D eigenvalue weighted by Gasteiger charge is -2.21. The van der Waals surface area contributed by atoms with Gasteiger partial charge >= 0.3 is 0 Å². The molecule has 0 spiro atoms. The van der Waals surface area contributed by atoms with Crippen LogP contribution in [0.5, 0.6) is 0 Å². The molecule has 0 saturated carbocycles. The summed E-state index contributed by atoms with van der Waals surface area (Å²) < 4.78 is 0. The van der Waals surface area contributed by atoms with Gasteiger partial charge in [0.25, 0.3) is 5.91 Å². The number of pyridine rings is 1. The van der Waals surface area contributed by atoms with Crippen molar-refractivity contribution in [2.45, 2.75) is 20.8 Å². The fraction of sp³-hybridized carbons (Fsp3) is 0.217. The number of hydrogen-bond acceptors (Lipinski definition) is 4. The number of benzene rings is 2. The second-order valence-electron chi connectivity index (χ2n) is 6.60. The molecule has 0 fully saturated rings. The van der Waals surface area contributed by atoms with E-state index < -0.39 is 0 Å². The number of aryl methyl sites for hydroxylation is 1. The van der Waals surface area contributed by atoms with Crippen molar-refractivity contribution < 1.29 is 4.79 Å². The van der Waals surface area contributed by atoms with E-state index in [4.69, 9.17) is 0 Å². The molecule has 1 aromatic heterocycles. The van der Waals surface area contributed by atoms with Gasteiger partial charge in [0.15, 0.2) is 0 Å². The van der Waals surface area contributed by atoms with Gasteiger partial charge in [0.2, 0.25) is 0 Å². The molecule has 0 aliphatic carbocycles. The molecular weight excluding hydrogens is 348 g/mol. The van der Waals surface area contributed by atoms with E-state index >= 15 is 0 Å². The van der Waals surface area contributed by atoms with Crippen molar-refractivity contribution in [3.8, 4) is 0 Å². The third-order valence-electron chi connectivity index (χ3n) is 4.57. The molecule has 2 aromatic carbocycles. The Bertz CT molecular complexity index is 916. The molecule has 1 amide bonds. The van der Waals surface area contributed by atoms with Gasteiger partial charge in [-0.2, -0.15) is 0 Å². The van der Waals surface area contributed by atoms with E-state index in [-0.39, 0.29) is 5.91 Å². The van der Waals surface area contributed by atoms with Crippen molar-refractivity contribution in [3.63, 3.8) is 0 Å².